The van der Waals surface area contributed by atoms with Gasteiger partial charge in [-0.25, -0.2) is 0 Å². The molecule has 3 heteroatoms. The third kappa shape index (κ3) is 6.28. The zero-order valence-electron chi connectivity index (χ0n) is 22.3. The summed E-state index contributed by atoms with van der Waals surface area (Å²) in [5.41, 5.74) is 8.33. The van der Waals surface area contributed by atoms with Crippen molar-refractivity contribution in [1.82, 2.24) is 4.98 Å². The average Bonchev–Trinajstić information content (AvgIpc) is 3.35. The van der Waals surface area contributed by atoms with Crippen LogP contribution in [0.4, 0.5) is 0 Å². The fourth-order valence-electron chi connectivity index (χ4n) is 5.60. The Hall–Kier alpha value is -3.98. The number of phenolic OH excluding ortho intramolecular Hbond substituents is 1. The number of allylic oxidation sites excluding steroid dienone is 4. The Kier molecular flexibility index (Phi) is 9.26. The molecule has 0 aliphatic heterocycles. The molecule has 1 aromatic heterocycles. The number of phenols is 1. The van der Waals surface area contributed by atoms with Crippen LogP contribution < -0.4 is 4.74 Å². The normalized spacial score (nSPS) is 16.6. The lowest BCUT2D eigenvalue weighted by atomic mass is 9.69. The van der Waals surface area contributed by atoms with Gasteiger partial charge in [0.05, 0.1) is 6.61 Å². The summed E-state index contributed by atoms with van der Waals surface area (Å²) >= 11 is 0. The van der Waals surface area contributed by atoms with Crippen molar-refractivity contribution in [2.45, 2.75) is 44.4 Å². The quantitative estimate of drug-likeness (QED) is 0.180. The molecule has 196 valence electrons. The molecule has 1 heterocycles. The maximum absolute atomic E-state index is 10.0. The van der Waals surface area contributed by atoms with E-state index in [9.17, 15) is 5.11 Å². The van der Waals surface area contributed by atoms with Crippen molar-refractivity contribution in [2.24, 2.45) is 5.92 Å². The molecule has 4 rings (SSSR count). The second-order valence-corrected chi connectivity index (χ2v) is 9.95. The van der Waals surface area contributed by atoms with Gasteiger partial charge in [0, 0.05) is 23.4 Å². The number of unbranched alkanes of at least 4 members (excludes halogenated alkanes) is 2. The van der Waals surface area contributed by atoms with Crippen molar-refractivity contribution in [1.29, 1.82) is 0 Å². The van der Waals surface area contributed by atoms with Gasteiger partial charge in [-0.05, 0) is 97.0 Å². The minimum absolute atomic E-state index is 0.186. The van der Waals surface area contributed by atoms with Crippen LogP contribution in [-0.2, 0) is 12.8 Å². The number of aromatic amines is 1. The Morgan fingerprint density at radius 2 is 1.84 bits per heavy atom. The second-order valence-electron chi connectivity index (χ2n) is 9.95. The zero-order valence-corrected chi connectivity index (χ0v) is 22.3. The van der Waals surface area contributed by atoms with Gasteiger partial charge in [-0.1, -0.05) is 74.4 Å². The monoisotopic (exact) mass is 505 g/mol. The van der Waals surface area contributed by atoms with Gasteiger partial charge in [0.25, 0.3) is 0 Å². The van der Waals surface area contributed by atoms with Crippen LogP contribution in [0.25, 0.3) is 12.2 Å². The first kappa shape index (κ1) is 27.1. The molecule has 3 nitrogen and oxygen atoms in total. The van der Waals surface area contributed by atoms with Crippen molar-refractivity contribution in [2.75, 3.05) is 6.61 Å². The molecule has 0 amide bonds. The van der Waals surface area contributed by atoms with E-state index in [-0.39, 0.29) is 5.92 Å². The second kappa shape index (κ2) is 13.0. The Morgan fingerprint density at radius 3 is 2.58 bits per heavy atom. The van der Waals surface area contributed by atoms with Crippen LogP contribution in [0.3, 0.4) is 0 Å². The van der Waals surface area contributed by atoms with Crippen molar-refractivity contribution < 1.29 is 9.84 Å². The van der Waals surface area contributed by atoms with E-state index in [2.05, 4.69) is 73.9 Å². The van der Waals surface area contributed by atoms with Gasteiger partial charge in [0.2, 0.25) is 0 Å². The largest absolute Gasteiger partial charge is 0.508 e. The molecule has 0 saturated carbocycles. The summed E-state index contributed by atoms with van der Waals surface area (Å²) in [5.74, 6) is 1.70. The lowest BCUT2D eigenvalue weighted by molar-refractivity contribution is 0.305. The molecule has 2 aromatic carbocycles. The van der Waals surface area contributed by atoms with Crippen LogP contribution in [-0.4, -0.2) is 16.7 Å². The number of hydrogen-bond acceptors (Lipinski definition) is 2. The molecular weight excluding hydrogens is 466 g/mol. The van der Waals surface area contributed by atoms with Gasteiger partial charge in [0.1, 0.15) is 11.5 Å². The maximum atomic E-state index is 10.0. The van der Waals surface area contributed by atoms with Crippen molar-refractivity contribution in [3.63, 3.8) is 0 Å². The van der Waals surface area contributed by atoms with E-state index < -0.39 is 0 Å². The molecule has 0 fully saturated rings. The summed E-state index contributed by atoms with van der Waals surface area (Å²) in [6, 6.07) is 14.3. The molecule has 1 aliphatic rings. The van der Waals surface area contributed by atoms with E-state index in [0.29, 0.717) is 18.3 Å². The summed E-state index contributed by atoms with van der Waals surface area (Å²) in [5, 5.41) is 10.0. The van der Waals surface area contributed by atoms with Gasteiger partial charge in [0.15, 0.2) is 0 Å². The Morgan fingerprint density at radius 1 is 1.03 bits per heavy atom. The summed E-state index contributed by atoms with van der Waals surface area (Å²) < 4.78 is 6.07. The number of aromatic hydroxyl groups is 1. The molecular formula is C35H39NO2. The van der Waals surface area contributed by atoms with E-state index in [1.165, 1.54) is 22.3 Å². The highest BCUT2D eigenvalue weighted by Crippen LogP contribution is 2.45. The SMILES string of the molecule is C=C/C=C\C(=C)C1CCc2cc(O)ccc2C1c1ccc(OCCCCCc2c[nH]c(C=C)c2C=C)cc1. The first-order valence-corrected chi connectivity index (χ1v) is 13.5. The van der Waals surface area contributed by atoms with Gasteiger partial charge >= 0.3 is 0 Å². The van der Waals surface area contributed by atoms with E-state index in [1.54, 1.807) is 12.1 Å². The van der Waals surface area contributed by atoms with Crippen LogP contribution in [0.2, 0.25) is 0 Å². The molecule has 1 aliphatic carbocycles. The van der Waals surface area contributed by atoms with Gasteiger partial charge in [-0.15, -0.1) is 0 Å². The summed E-state index contributed by atoms with van der Waals surface area (Å²) in [6.07, 6.45) is 17.8. The Bertz CT molecular complexity index is 1310. The number of aromatic nitrogens is 1. The Balaban J connectivity index is 1.36. The van der Waals surface area contributed by atoms with Crippen molar-refractivity contribution >= 4 is 12.2 Å². The number of benzene rings is 2. The third-order valence-corrected chi connectivity index (χ3v) is 7.56. The minimum Gasteiger partial charge on any atom is -0.508 e. The average molecular weight is 506 g/mol. The first-order chi connectivity index (χ1) is 18.5. The van der Waals surface area contributed by atoms with Gasteiger partial charge in [-0.3, -0.25) is 0 Å². The molecule has 2 unspecified atom stereocenters. The topological polar surface area (TPSA) is 45.2 Å². The molecule has 2 atom stereocenters. The van der Waals surface area contributed by atoms with E-state index in [1.807, 2.05) is 24.3 Å². The number of aryl methyl sites for hydroxylation is 2. The summed E-state index contributed by atoms with van der Waals surface area (Å²) in [6.45, 7) is 16.7. The van der Waals surface area contributed by atoms with Crippen LogP contribution >= 0.6 is 0 Å². The highest BCUT2D eigenvalue weighted by molar-refractivity contribution is 5.64. The number of nitrogens with one attached hydrogen (secondary N) is 1. The minimum atomic E-state index is 0.186. The highest BCUT2D eigenvalue weighted by Gasteiger charge is 2.32. The number of rotatable bonds is 13. The predicted molar refractivity (Wildman–Crippen MR) is 161 cm³/mol. The predicted octanol–water partition coefficient (Wildman–Crippen LogP) is 8.79. The van der Waals surface area contributed by atoms with Crippen LogP contribution in [0.15, 0.2) is 98.8 Å². The maximum Gasteiger partial charge on any atom is 0.119 e. The lowest BCUT2D eigenvalue weighted by Crippen LogP contribution is -2.22. The van der Waals surface area contributed by atoms with Crippen LogP contribution in [0, 0.1) is 5.92 Å². The number of ether oxygens (including phenoxy) is 1. The molecule has 38 heavy (non-hydrogen) atoms. The number of fused-ring (bicyclic) bond motifs is 1. The van der Waals surface area contributed by atoms with Gasteiger partial charge < -0.3 is 14.8 Å². The number of hydrogen-bond donors (Lipinski definition) is 2. The number of H-pyrrole nitrogens is 1. The van der Waals surface area contributed by atoms with Crippen LogP contribution in [0.5, 0.6) is 11.5 Å². The highest BCUT2D eigenvalue weighted by atomic mass is 16.5. The molecule has 2 N–H and O–H groups in total. The smallest absolute Gasteiger partial charge is 0.119 e. The van der Waals surface area contributed by atoms with Gasteiger partial charge in [-0.2, -0.15) is 0 Å². The van der Waals surface area contributed by atoms with E-state index in [0.717, 1.165) is 61.1 Å². The fraction of sp³-hybridized carbons (Fsp3) is 0.257. The van der Waals surface area contributed by atoms with Crippen molar-refractivity contribution in [3.8, 4) is 11.5 Å². The lowest BCUT2D eigenvalue weighted by Gasteiger charge is -2.35. The molecule has 0 saturated heterocycles. The molecule has 0 bridgehead atoms. The summed E-state index contributed by atoms with van der Waals surface area (Å²) in [7, 11) is 0. The van der Waals surface area contributed by atoms with Crippen LogP contribution in [0.1, 0.15) is 65.1 Å². The molecule has 0 radical (unpaired) electrons. The van der Waals surface area contributed by atoms with E-state index >= 15 is 0 Å². The molecule has 0 spiro atoms. The zero-order chi connectivity index (χ0) is 26.9. The van der Waals surface area contributed by atoms with E-state index in [4.69, 9.17) is 4.74 Å². The van der Waals surface area contributed by atoms with Crippen molar-refractivity contribution in [3.05, 3.63) is 132 Å². The first-order valence-electron chi connectivity index (χ1n) is 13.5. The summed E-state index contributed by atoms with van der Waals surface area (Å²) in [4.78, 5) is 3.27. The molecule has 3 aromatic rings. The Labute approximate surface area is 227 Å². The third-order valence-electron chi connectivity index (χ3n) is 7.56. The standard InChI is InChI=1S/C35H39NO2/c1-5-8-12-25(4)32-20-16-27-23-29(37)17-21-33(27)35(32)26-14-18-30(19-15-26)38-22-11-9-10-13-28-24-36-34(7-3)31(28)6-2/h5-8,12,14-15,17-19,21,23-24,32,35-37H,1-4,9-11,13,16,20,22H2/b12-8-. The fourth-order valence-corrected chi connectivity index (χ4v) is 5.60.